The van der Waals surface area contributed by atoms with E-state index < -0.39 is 0 Å². The van der Waals surface area contributed by atoms with Crippen molar-refractivity contribution in [1.29, 1.82) is 0 Å². The summed E-state index contributed by atoms with van der Waals surface area (Å²) in [6.45, 7) is 2.19. The highest BCUT2D eigenvalue weighted by atomic mass is 19.1. The third kappa shape index (κ3) is 2.19. The van der Waals surface area contributed by atoms with Crippen LogP contribution >= 0.6 is 0 Å². The third-order valence-electron chi connectivity index (χ3n) is 7.64. The summed E-state index contributed by atoms with van der Waals surface area (Å²) in [6.07, 6.45) is 7.40. The molecule has 6 aromatic rings. The SMILES string of the molecule is Cc1ccc2c3cc(F)ccc3n3c4cc(C5CCCC5)cc5cc[n+](C)c(c1c23)c54. The van der Waals surface area contributed by atoms with E-state index in [-0.39, 0.29) is 5.82 Å². The molecule has 0 unspecified atom stereocenters. The average molecular weight is 408 g/mol. The Morgan fingerprint density at radius 3 is 2.58 bits per heavy atom. The molecular weight excluding hydrogens is 383 g/mol. The first kappa shape index (κ1) is 17.5. The molecule has 1 saturated carbocycles. The smallest absolute Gasteiger partial charge is 0.224 e. The molecular formula is C28H24FN2+. The van der Waals surface area contributed by atoms with Gasteiger partial charge in [-0.05, 0) is 66.5 Å². The van der Waals surface area contributed by atoms with E-state index in [1.807, 2.05) is 6.07 Å². The van der Waals surface area contributed by atoms with E-state index in [9.17, 15) is 4.39 Å². The monoisotopic (exact) mass is 407 g/mol. The molecule has 1 aliphatic rings. The number of aromatic nitrogens is 2. The number of hydrogen-bond donors (Lipinski definition) is 0. The van der Waals surface area contributed by atoms with Crippen LogP contribution in [-0.4, -0.2) is 4.40 Å². The van der Waals surface area contributed by atoms with Gasteiger partial charge in [-0.1, -0.05) is 31.0 Å². The molecule has 3 aromatic heterocycles. The van der Waals surface area contributed by atoms with E-state index in [4.69, 9.17) is 0 Å². The first-order valence-electron chi connectivity index (χ1n) is 11.3. The fraction of sp³-hybridized carbons (Fsp3) is 0.250. The highest BCUT2D eigenvalue weighted by Crippen LogP contribution is 2.43. The van der Waals surface area contributed by atoms with Gasteiger partial charge in [-0.25, -0.2) is 8.96 Å². The lowest BCUT2D eigenvalue weighted by Crippen LogP contribution is -2.29. The second-order valence-electron chi connectivity index (χ2n) is 9.41. The van der Waals surface area contributed by atoms with Crippen molar-refractivity contribution in [3.8, 4) is 0 Å². The largest absolute Gasteiger partial charge is 0.307 e. The average Bonchev–Trinajstić information content (AvgIpc) is 3.41. The van der Waals surface area contributed by atoms with Crippen LogP contribution in [0.4, 0.5) is 4.39 Å². The summed E-state index contributed by atoms with van der Waals surface area (Å²) < 4.78 is 18.9. The van der Waals surface area contributed by atoms with Gasteiger partial charge < -0.3 is 4.40 Å². The molecule has 0 spiro atoms. The Balaban J connectivity index is 1.83. The normalized spacial score (nSPS) is 15.6. The van der Waals surface area contributed by atoms with Crippen molar-refractivity contribution >= 4 is 49.0 Å². The van der Waals surface area contributed by atoms with Gasteiger partial charge in [0.15, 0.2) is 6.20 Å². The fourth-order valence-electron chi connectivity index (χ4n) is 6.21. The van der Waals surface area contributed by atoms with E-state index >= 15 is 0 Å². The summed E-state index contributed by atoms with van der Waals surface area (Å²) in [4.78, 5) is 0. The van der Waals surface area contributed by atoms with Gasteiger partial charge >= 0.3 is 0 Å². The van der Waals surface area contributed by atoms with Crippen molar-refractivity contribution in [2.75, 3.05) is 0 Å². The van der Waals surface area contributed by atoms with Crippen LogP contribution in [0.2, 0.25) is 0 Å². The lowest BCUT2D eigenvalue weighted by atomic mass is 9.92. The van der Waals surface area contributed by atoms with Gasteiger partial charge in [-0.2, -0.15) is 0 Å². The van der Waals surface area contributed by atoms with Crippen LogP contribution in [0.5, 0.6) is 0 Å². The van der Waals surface area contributed by atoms with Gasteiger partial charge in [0, 0.05) is 16.8 Å². The zero-order chi connectivity index (χ0) is 20.9. The van der Waals surface area contributed by atoms with Gasteiger partial charge in [0.05, 0.1) is 27.3 Å². The first-order valence-corrected chi connectivity index (χ1v) is 11.3. The van der Waals surface area contributed by atoms with Crippen molar-refractivity contribution < 1.29 is 8.96 Å². The zero-order valence-corrected chi connectivity index (χ0v) is 17.9. The summed E-state index contributed by atoms with van der Waals surface area (Å²) in [5.41, 5.74) is 7.52. The predicted molar refractivity (Wildman–Crippen MR) is 126 cm³/mol. The standard InChI is InChI=1S/C28H24FN2/c1-16-7-9-21-22-15-20(29)8-10-23(22)31-24-14-19(17-5-3-4-6-17)13-18-11-12-30(2)28(26(18)24)25(16)27(21)31/h7-15,17H,3-6H2,1-2H3/q+1. The van der Waals surface area contributed by atoms with Gasteiger partial charge in [0.2, 0.25) is 5.52 Å². The van der Waals surface area contributed by atoms with Crippen LogP contribution in [-0.2, 0) is 7.05 Å². The minimum Gasteiger partial charge on any atom is -0.307 e. The van der Waals surface area contributed by atoms with Crippen LogP contribution in [0.1, 0.15) is 42.7 Å². The molecule has 0 radical (unpaired) electrons. The van der Waals surface area contributed by atoms with E-state index in [1.165, 1.54) is 69.5 Å². The second-order valence-corrected chi connectivity index (χ2v) is 9.41. The number of halogens is 1. The highest BCUT2D eigenvalue weighted by Gasteiger charge is 2.26. The lowest BCUT2D eigenvalue weighted by molar-refractivity contribution is -0.643. The summed E-state index contributed by atoms with van der Waals surface area (Å²) in [5, 5.41) is 5.99. The molecule has 0 amide bonds. The molecule has 0 bridgehead atoms. The minimum absolute atomic E-state index is 0.180. The number of aryl methyl sites for hydroxylation is 2. The van der Waals surface area contributed by atoms with Gasteiger partial charge in [-0.15, -0.1) is 0 Å². The van der Waals surface area contributed by atoms with Crippen LogP contribution < -0.4 is 4.57 Å². The Bertz CT molecular complexity index is 1670. The summed E-state index contributed by atoms with van der Waals surface area (Å²) in [6, 6.07) is 16.7. The predicted octanol–water partition coefficient (Wildman–Crippen LogP) is 6.92. The maximum absolute atomic E-state index is 14.3. The quantitative estimate of drug-likeness (QED) is 0.159. The van der Waals surface area contributed by atoms with Crippen molar-refractivity contribution in [2.24, 2.45) is 7.05 Å². The van der Waals surface area contributed by atoms with Gasteiger partial charge in [-0.3, -0.25) is 0 Å². The maximum Gasteiger partial charge on any atom is 0.224 e. The van der Waals surface area contributed by atoms with Crippen molar-refractivity contribution in [1.82, 2.24) is 4.40 Å². The van der Waals surface area contributed by atoms with Crippen molar-refractivity contribution in [3.63, 3.8) is 0 Å². The number of benzene rings is 3. The molecule has 0 saturated heterocycles. The Labute approximate surface area is 179 Å². The van der Waals surface area contributed by atoms with Crippen LogP contribution in [0.25, 0.3) is 49.0 Å². The Morgan fingerprint density at radius 1 is 0.903 bits per heavy atom. The number of pyridine rings is 2. The summed E-state index contributed by atoms with van der Waals surface area (Å²) >= 11 is 0. The first-order chi connectivity index (χ1) is 15.1. The zero-order valence-electron chi connectivity index (χ0n) is 17.9. The highest BCUT2D eigenvalue weighted by molar-refractivity contribution is 6.25. The maximum atomic E-state index is 14.3. The van der Waals surface area contributed by atoms with Gasteiger partial charge in [0.25, 0.3) is 0 Å². The fourth-order valence-corrected chi connectivity index (χ4v) is 6.21. The molecule has 3 heteroatoms. The number of nitrogens with zero attached hydrogens (tertiary/aromatic N) is 2. The molecule has 0 N–H and O–H groups in total. The number of fused-ring (bicyclic) bond motifs is 5. The molecule has 7 rings (SSSR count). The van der Waals surface area contributed by atoms with E-state index in [1.54, 1.807) is 12.1 Å². The Morgan fingerprint density at radius 2 is 1.74 bits per heavy atom. The molecule has 3 aromatic carbocycles. The van der Waals surface area contributed by atoms with Crippen LogP contribution in [0.15, 0.2) is 54.7 Å². The van der Waals surface area contributed by atoms with E-state index in [2.05, 4.69) is 59.5 Å². The van der Waals surface area contributed by atoms with Crippen molar-refractivity contribution in [3.05, 3.63) is 71.7 Å². The molecule has 31 heavy (non-hydrogen) atoms. The minimum atomic E-state index is -0.180. The number of hydrogen-bond acceptors (Lipinski definition) is 0. The number of rotatable bonds is 1. The van der Waals surface area contributed by atoms with Crippen LogP contribution in [0, 0.1) is 12.7 Å². The van der Waals surface area contributed by atoms with E-state index in [0.717, 1.165) is 16.3 Å². The van der Waals surface area contributed by atoms with Crippen LogP contribution in [0.3, 0.4) is 0 Å². The summed E-state index contributed by atoms with van der Waals surface area (Å²) in [5.74, 6) is 0.465. The lowest BCUT2D eigenvalue weighted by Gasteiger charge is -2.16. The molecule has 3 heterocycles. The molecule has 1 fully saturated rings. The molecule has 0 aliphatic heterocycles. The second kappa shape index (κ2) is 5.94. The van der Waals surface area contributed by atoms with Crippen molar-refractivity contribution in [2.45, 2.75) is 38.5 Å². The van der Waals surface area contributed by atoms with E-state index in [0.29, 0.717) is 5.92 Å². The Kier molecular flexibility index (Phi) is 3.35. The third-order valence-corrected chi connectivity index (χ3v) is 7.64. The molecule has 0 atom stereocenters. The van der Waals surface area contributed by atoms with Gasteiger partial charge in [0.1, 0.15) is 12.9 Å². The molecule has 152 valence electrons. The molecule has 2 nitrogen and oxygen atoms in total. The summed E-state index contributed by atoms with van der Waals surface area (Å²) in [7, 11) is 2.14. The topological polar surface area (TPSA) is 8.29 Å². The Hall–Kier alpha value is -3.20. The molecule has 1 aliphatic carbocycles.